The summed E-state index contributed by atoms with van der Waals surface area (Å²) >= 11 is 0. The molecule has 2 N–H and O–H groups in total. The number of rotatable bonds is 3. The molecular weight excluding hydrogens is 221 g/mol. The van der Waals surface area contributed by atoms with Crippen molar-refractivity contribution in [1.29, 1.82) is 0 Å². The summed E-state index contributed by atoms with van der Waals surface area (Å²) in [4.78, 5) is 18.7. The smallest absolute Gasteiger partial charge is 0.258 e. The van der Waals surface area contributed by atoms with Gasteiger partial charge in [0, 0.05) is 18.5 Å². The molecule has 1 aromatic heterocycles. The average molecular weight is 235 g/mol. The van der Waals surface area contributed by atoms with Gasteiger partial charge in [-0.25, -0.2) is 9.37 Å². The molecule has 0 fully saturated rings. The minimum Gasteiger partial charge on any atom is -0.317 e. The second kappa shape index (κ2) is 4.63. The summed E-state index contributed by atoms with van der Waals surface area (Å²) in [6.45, 7) is 1.98. The highest BCUT2D eigenvalue weighted by Gasteiger charge is 2.07. The molecule has 0 radical (unpaired) electrons. The lowest BCUT2D eigenvalue weighted by atomic mass is 10.2. The summed E-state index contributed by atoms with van der Waals surface area (Å²) in [6, 6.07) is 4.18. The molecule has 0 aliphatic heterocycles. The summed E-state index contributed by atoms with van der Waals surface area (Å²) in [5.74, 6) is 0.179. The van der Waals surface area contributed by atoms with E-state index in [0.29, 0.717) is 23.1 Å². The molecule has 2 rings (SSSR count). The van der Waals surface area contributed by atoms with Crippen LogP contribution in [0.4, 0.5) is 4.39 Å². The molecule has 1 heterocycles. The Bertz CT molecular complexity index is 594. The van der Waals surface area contributed by atoms with Crippen molar-refractivity contribution in [2.45, 2.75) is 19.4 Å². The highest BCUT2D eigenvalue weighted by Crippen LogP contribution is 2.09. The number of aromatic amines is 1. The highest BCUT2D eigenvalue weighted by molar-refractivity contribution is 5.77. The van der Waals surface area contributed by atoms with Gasteiger partial charge >= 0.3 is 0 Å². The van der Waals surface area contributed by atoms with Crippen LogP contribution in [0.5, 0.6) is 0 Å². The van der Waals surface area contributed by atoms with Crippen LogP contribution in [-0.4, -0.2) is 23.1 Å². The van der Waals surface area contributed by atoms with E-state index < -0.39 is 0 Å². The maximum absolute atomic E-state index is 13.1. The molecule has 0 bridgehead atoms. The number of likely N-dealkylation sites (N-methyl/N-ethyl adjacent to an activating group) is 1. The summed E-state index contributed by atoms with van der Waals surface area (Å²) in [5.41, 5.74) is 0.167. The van der Waals surface area contributed by atoms with Crippen LogP contribution in [0.15, 0.2) is 23.0 Å². The maximum Gasteiger partial charge on any atom is 0.258 e. The van der Waals surface area contributed by atoms with Crippen molar-refractivity contribution < 1.29 is 4.39 Å². The largest absolute Gasteiger partial charge is 0.317 e. The Balaban J connectivity index is 2.50. The SMILES string of the molecule is CNC(C)Cc1nc2cc(F)ccc2c(=O)[nH]1. The van der Waals surface area contributed by atoms with E-state index in [9.17, 15) is 9.18 Å². The molecule has 5 heteroatoms. The number of benzene rings is 1. The Morgan fingerprint density at radius 2 is 2.29 bits per heavy atom. The van der Waals surface area contributed by atoms with E-state index >= 15 is 0 Å². The van der Waals surface area contributed by atoms with Crippen LogP contribution in [0.1, 0.15) is 12.7 Å². The fourth-order valence-corrected chi connectivity index (χ4v) is 1.65. The number of fused-ring (bicyclic) bond motifs is 1. The van der Waals surface area contributed by atoms with Crippen LogP contribution in [-0.2, 0) is 6.42 Å². The predicted octanol–water partition coefficient (Wildman–Crippen LogP) is 1.21. The van der Waals surface area contributed by atoms with Gasteiger partial charge in [-0.15, -0.1) is 0 Å². The highest BCUT2D eigenvalue weighted by atomic mass is 19.1. The molecule has 1 unspecified atom stereocenters. The standard InChI is InChI=1S/C12H14FN3O/c1-7(14-2)5-11-15-10-6-8(13)3-4-9(10)12(17)16-11/h3-4,6-7,14H,5H2,1-2H3,(H,15,16,17). The van der Waals surface area contributed by atoms with Gasteiger partial charge in [0.1, 0.15) is 11.6 Å². The molecule has 90 valence electrons. The monoisotopic (exact) mass is 235 g/mol. The van der Waals surface area contributed by atoms with E-state index in [1.54, 1.807) is 0 Å². The van der Waals surface area contributed by atoms with Gasteiger partial charge in [-0.05, 0) is 26.1 Å². The van der Waals surface area contributed by atoms with Crippen LogP contribution in [0.3, 0.4) is 0 Å². The first kappa shape index (κ1) is 11.7. The Morgan fingerprint density at radius 3 is 3.00 bits per heavy atom. The molecular formula is C12H14FN3O. The van der Waals surface area contributed by atoms with Gasteiger partial charge in [0.2, 0.25) is 0 Å². The number of hydrogen-bond acceptors (Lipinski definition) is 3. The van der Waals surface area contributed by atoms with Gasteiger partial charge in [0.05, 0.1) is 10.9 Å². The maximum atomic E-state index is 13.1. The third kappa shape index (κ3) is 2.50. The third-order valence-corrected chi connectivity index (χ3v) is 2.71. The minimum absolute atomic E-state index is 0.198. The quantitative estimate of drug-likeness (QED) is 0.840. The fraction of sp³-hybridized carbons (Fsp3) is 0.333. The molecule has 1 atom stereocenters. The Hall–Kier alpha value is -1.75. The summed E-state index contributed by atoms with van der Waals surface area (Å²) in [7, 11) is 1.84. The van der Waals surface area contributed by atoms with Crippen molar-refractivity contribution in [1.82, 2.24) is 15.3 Å². The van der Waals surface area contributed by atoms with Gasteiger partial charge in [0.25, 0.3) is 5.56 Å². The number of H-pyrrole nitrogens is 1. The topological polar surface area (TPSA) is 57.8 Å². The zero-order valence-corrected chi connectivity index (χ0v) is 9.75. The van der Waals surface area contributed by atoms with E-state index in [0.717, 1.165) is 0 Å². The second-order valence-corrected chi connectivity index (χ2v) is 4.07. The van der Waals surface area contributed by atoms with Gasteiger partial charge in [-0.2, -0.15) is 0 Å². The van der Waals surface area contributed by atoms with Crippen molar-refractivity contribution in [2.24, 2.45) is 0 Å². The first-order valence-corrected chi connectivity index (χ1v) is 5.46. The summed E-state index contributed by atoms with van der Waals surface area (Å²) in [5, 5.41) is 3.47. The lowest BCUT2D eigenvalue weighted by Gasteiger charge is -2.09. The number of nitrogens with one attached hydrogen (secondary N) is 2. The lowest BCUT2D eigenvalue weighted by molar-refractivity contribution is 0.591. The van der Waals surface area contributed by atoms with Gasteiger partial charge in [-0.1, -0.05) is 0 Å². The number of halogens is 1. The number of nitrogens with zero attached hydrogens (tertiary/aromatic N) is 1. The van der Waals surface area contributed by atoms with Gasteiger partial charge in [-0.3, -0.25) is 4.79 Å². The van der Waals surface area contributed by atoms with Crippen molar-refractivity contribution in [2.75, 3.05) is 7.05 Å². The van der Waals surface area contributed by atoms with Crippen LogP contribution in [0.25, 0.3) is 10.9 Å². The number of aromatic nitrogens is 2. The van der Waals surface area contributed by atoms with Crippen molar-refractivity contribution in [3.63, 3.8) is 0 Å². The molecule has 0 aliphatic carbocycles. The third-order valence-electron chi connectivity index (χ3n) is 2.71. The first-order valence-electron chi connectivity index (χ1n) is 5.46. The molecule has 1 aromatic carbocycles. The van der Waals surface area contributed by atoms with Crippen LogP contribution in [0, 0.1) is 5.82 Å². The molecule has 0 spiro atoms. The minimum atomic E-state index is -0.386. The molecule has 0 aliphatic rings. The van der Waals surface area contributed by atoms with Crippen LogP contribution < -0.4 is 10.9 Å². The molecule has 0 amide bonds. The van der Waals surface area contributed by atoms with Crippen molar-refractivity contribution in [3.8, 4) is 0 Å². The predicted molar refractivity (Wildman–Crippen MR) is 64.5 cm³/mol. The van der Waals surface area contributed by atoms with E-state index in [1.807, 2.05) is 14.0 Å². The zero-order chi connectivity index (χ0) is 12.4. The van der Waals surface area contributed by atoms with E-state index in [1.165, 1.54) is 18.2 Å². The van der Waals surface area contributed by atoms with E-state index in [-0.39, 0.29) is 17.4 Å². The van der Waals surface area contributed by atoms with Crippen molar-refractivity contribution in [3.05, 3.63) is 40.2 Å². The zero-order valence-electron chi connectivity index (χ0n) is 9.75. The molecule has 17 heavy (non-hydrogen) atoms. The number of hydrogen-bond donors (Lipinski definition) is 2. The molecule has 2 aromatic rings. The van der Waals surface area contributed by atoms with E-state index in [2.05, 4.69) is 15.3 Å². The Morgan fingerprint density at radius 1 is 1.53 bits per heavy atom. The average Bonchev–Trinajstić information content (AvgIpc) is 2.28. The molecule has 0 saturated heterocycles. The van der Waals surface area contributed by atoms with Gasteiger partial charge < -0.3 is 10.3 Å². The van der Waals surface area contributed by atoms with E-state index in [4.69, 9.17) is 0 Å². The second-order valence-electron chi connectivity index (χ2n) is 4.07. The lowest BCUT2D eigenvalue weighted by Crippen LogP contribution is -2.26. The van der Waals surface area contributed by atoms with Gasteiger partial charge in [0.15, 0.2) is 0 Å². The Kier molecular flexibility index (Phi) is 3.19. The molecule has 0 saturated carbocycles. The normalized spacial score (nSPS) is 12.9. The first-order chi connectivity index (χ1) is 8.10. The fourth-order valence-electron chi connectivity index (χ4n) is 1.65. The van der Waals surface area contributed by atoms with Crippen LogP contribution >= 0.6 is 0 Å². The van der Waals surface area contributed by atoms with Crippen LogP contribution in [0.2, 0.25) is 0 Å². The van der Waals surface area contributed by atoms with Crippen molar-refractivity contribution >= 4 is 10.9 Å². The Labute approximate surface area is 97.9 Å². The summed E-state index contributed by atoms with van der Waals surface area (Å²) < 4.78 is 13.1. The molecule has 4 nitrogen and oxygen atoms in total. The summed E-state index contributed by atoms with van der Waals surface area (Å²) in [6.07, 6.45) is 0.595.